The van der Waals surface area contributed by atoms with Crippen LogP contribution in [-0.2, 0) is 0 Å². The minimum atomic E-state index is -4.57. The number of aryl methyl sites for hydroxylation is 1. The lowest BCUT2D eigenvalue weighted by molar-refractivity contribution is -0.154. The van der Waals surface area contributed by atoms with Gasteiger partial charge in [-0.25, -0.2) is 0 Å². The fraction of sp³-hybridized carbons (Fsp3) is 0.462. The summed E-state index contributed by atoms with van der Waals surface area (Å²) < 4.78 is 43.3. The number of ether oxygens (including phenoxy) is 1. The first-order valence-electron chi connectivity index (χ1n) is 6.29. The first-order chi connectivity index (χ1) is 9.84. The third-order valence-electron chi connectivity index (χ3n) is 2.75. The highest BCUT2D eigenvalue weighted by Gasteiger charge is 2.42. The highest BCUT2D eigenvalue weighted by atomic mass is 19.4. The summed E-state index contributed by atoms with van der Waals surface area (Å²) in [6, 6.07) is 7.34. The third-order valence-corrected chi connectivity index (χ3v) is 2.75. The van der Waals surface area contributed by atoms with E-state index in [2.05, 4.69) is 10.5 Å². The molecule has 0 aliphatic heterocycles. The summed E-state index contributed by atoms with van der Waals surface area (Å²) in [6.07, 6.45) is -4.57. The number of benzene rings is 1. The van der Waals surface area contributed by atoms with E-state index in [9.17, 15) is 13.2 Å². The van der Waals surface area contributed by atoms with Gasteiger partial charge in [0.2, 0.25) is 0 Å². The number of halogens is 3. The van der Waals surface area contributed by atoms with Gasteiger partial charge in [0.1, 0.15) is 18.3 Å². The summed E-state index contributed by atoms with van der Waals surface area (Å²) in [4.78, 5) is 0. The van der Waals surface area contributed by atoms with E-state index in [1.54, 1.807) is 6.07 Å². The lowest BCUT2D eigenvalue weighted by Crippen LogP contribution is -2.43. The van der Waals surface area contributed by atoms with E-state index in [0.29, 0.717) is 5.75 Å². The highest BCUT2D eigenvalue weighted by molar-refractivity contribution is 5.83. The Bertz CT molecular complexity index is 478. The van der Waals surface area contributed by atoms with E-state index in [4.69, 9.17) is 15.7 Å². The van der Waals surface area contributed by atoms with Crippen molar-refractivity contribution < 1.29 is 23.1 Å². The van der Waals surface area contributed by atoms with E-state index in [1.165, 1.54) is 0 Å². The molecule has 1 rings (SSSR count). The van der Waals surface area contributed by atoms with Crippen LogP contribution in [0.2, 0.25) is 0 Å². The van der Waals surface area contributed by atoms with E-state index >= 15 is 0 Å². The second-order valence-electron chi connectivity index (χ2n) is 4.49. The van der Waals surface area contributed by atoms with Crippen molar-refractivity contribution in [1.82, 2.24) is 5.32 Å². The summed E-state index contributed by atoms with van der Waals surface area (Å²) >= 11 is 0. The van der Waals surface area contributed by atoms with Crippen molar-refractivity contribution in [3.8, 4) is 5.75 Å². The monoisotopic (exact) mass is 305 g/mol. The first-order valence-corrected chi connectivity index (χ1v) is 6.29. The minimum absolute atomic E-state index is 0.208. The van der Waals surface area contributed by atoms with E-state index in [1.807, 2.05) is 25.1 Å². The highest BCUT2D eigenvalue weighted by Crippen LogP contribution is 2.25. The number of hydrogen-bond acceptors (Lipinski definition) is 4. The predicted octanol–water partition coefficient (Wildman–Crippen LogP) is 1.89. The summed E-state index contributed by atoms with van der Waals surface area (Å²) in [5.74, 6) is -2.24. The van der Waals surface area contributed by atoms with E-state index in [0.717, 1.165) is 5.56 Å². The number of nitrogens with one attached hydrogen (secondary N) is 1. The molecule has 8 heteroatoms. The fourth-order valence-corrected chi connectivity index (χ4v) is 1.65. The standard InChI is InChI=1S/C13H18F3N3O2/c1-9-3-2-4-10(7-9)21-6-5-18-8-11(12(17)19-20)13(14,15)16/h2-4,7,11,18,20H,5-6,8H2,1H3,(H2,17,19). The fourth-order valence-electron chi connectivity index (χ4n) is 1.65. The molecular formula is C13H18F3N3O2. The Morgan fingerprint density at radius 3 is 2.76 bits per heavy atom. The van der Waals surface area contributed by atoms with Crippen LogP contribution in [0.1, 0.15) is 5.56 Å². The molecule has 1 aromatic carbocycles. The summed E-state index contributed by atoms with van der Waals surface area (Å²) in [5.41, 5.74) is 6.07. The summed E-state index contributed by atoms with van der Waals surface area (Å²) in [5, 5.41) is 13.3. The number of rotatable bonds is 7. The lowest BCUT2D eigenvalue weighted by Gasteiger charge is -2.19. The molecule has 1 unspecified atom stereocenters. The Kier molecular flexibility index (Phi) is 6.29. The molecule has 0 radical (unpaired) electrons. The maximum Gasteiger partial charge on any atom is 0.400 e. The van der Waals surface area contributed by atoms with Crippen LogP contribution in [-0.4, -0.2) is 36.9 Å². The van der Waals surface area contributed by atoms with Gasteiger partial charge in [-0.3, -0.25) is 0 Å². The molecule has 1 aromatic rings. The molecule has 118 valence electrons. The second-order valence-corrected chi connectivity index (χ2v) is 4.49. The topological polar surface area (TPSA) is 79.9 Å². The second kappa shape index (κ2) is 7.72. The average Bonchev–Trinajstić information content (AvgIpc) is 2.40. The quantitative estimate of drug-likeness (QED) is 0.236. The molecule has 0 aromatic heterocycles. The minimum Gasteiger partial charge on any atom is -0.492 e. The zero-order chi connectivity index (χ0) is 15.9. The van der Waals surface area contributed by atoms with E-state index in [-0.39, 0.29) is 13.2 Å². The van der Waals surface area contributed by atoms with Crippen molar-refractivity contribution in [2.24, 2.45) is 16.8 Å². The largest absolute Gasteiger partial charge is 0.492 e. The van der Waals surface area contributed by atoms with Gasteiger partial charge in [0, 0.05) is 13.1 Å². The van der Waals surface area contributed by atoms with Crippen LogP contribution in [0.4, 0.5) is 13.2 Å². The zero-order valence-electron chi connectivity index (χ0n) is 11.5. The Labute approximate surface area is 120 Å². The summed E-state index contributed by atoms with van der Waals surface area (Å²) in [6.45, 7) is 1.86. The zero-order valence-corrected chi connectivity index (χ0v) is 11.5. The molecule has 0 saturated heterocycles. The maximum absolute atomic E-state index is 12.6. The molecule has 0 saturated carbocycles. The van der Waals surface area contributed by atoms with Gasteiger partial charge >= 0.3 is 6.18 Å². The molecule has 0 amide bonds. The normalized spacial score (nSPS) is 14.0. The SMILES string of the molecule is Cc1cccc(OCCNCC(/C(N)=N/O)C(F)(F)F)c1. The molecule has 1 atom stereocenters. The Hall–Kier alpha value is -1.96. The van der Waals surface area contributed by atoms with Crippen LogP contribution in [0.15, 0.2) is 29.4 Å². The molecule has 5 nitrogen and oxygen atoms in total. The van der Waals surface area contributed by atoms with Crippen molar-refractivity contribution in [2.45, 2.75) is 13.1 Å². The number of nitrogens with two attached hydrogens (primary N) is 1. The molecule has 0 aliphatic rings. The molecule has 21 heavy (non-hydrogen) atoms. The van der Waals surface area contributed by atoms with E-state index < -0.39 is 24.5 Å². The van der Waals surface area contributed by atoms with Crippen LogP contribution in [0, 0.1) is 12.8 Å². The van der Waals surface area contributed by atoms with Gasteiger partial charge in [-0.05, 0) is 24.6 Å². The Morgan fingerprint density at radius 1 is 1.48 bits per heavy atom. The van der Waals surface area contributed by atoms with Gasteiger partial charge in [-0.1, -0.05) is 17.3 Å². The molecule has 0 heterocycles. The molecule has 0 bridgehead atoms. The van der Waals surface area contributed by atoms with Crippen LogP contribution in [0.25, 0.3) is 0 Å². The van der Waals surface area contributed by atoms with Gasteiger partial charge in [-0.15, -0.1) is 0 Å². The summed E-state index contributed by atoms with van der Waals surface area (Å²) in [7, 11) is 0. The Balaban J connectivity index is 2.35. The van der Waals surface area contributed by atoms with Gasteiger partial charge in [-0.2, -0.15) is 13.2 Å². The smallest absolute Gasteiger partial charge is 0.400 e. The van der Waals surface area contributed by atoms with Crippen LogP contribution in [0.3, 0.4) is 0 Å². The maximum atomic E-state index is 12.6. The number of amidine groups is 1. The Morgan fingerprint density at radius 2 is 2.19 bits per heavy atom. The van der Waals surface area contributed by atoms with Crippen molar-refractivity contribution in [3.05, 3.63) is 29.8 Å². The lowest BCUT2D eigenvalue weighted by atomic mass is 10.1. The molecular weight excluding hydrogens is 287 g/mol. The predicted molar refractivity (Wildman–Crippen MR) is 72.5 cm³/mol. The van der Waals surface area contributed by atoms with Crippen LogP contribution in [0.5, 0.6) is 5.75 Å². The van der Waals surface area contributed by atoms with Crippen LogP contribution >= 0.6 is 0 Å². The molecule has 4 N–H and O–H groups in total. The van der Waals surface area contributed by atoms with Crippen molar-refractivity contribution in [1.29, 1.82) is 0 Å². The third kappa shape index (κ3) is 5.90. The number of hydrogen-bond donors (Lipinski definition) is 3. The average molecular weight is 305 g/mol. The molecule has 0 aliphatic carbocycles. The number of nitrogens with zero attached hydrogens (tertiary/aromatic N) is 1. The van der Waals surface area contributed by atoms with Crippen molar-refractivity contribution >= 4 is 5.84 Å². The van der Waals surface area contributed by atoms with Gasteiger partial charge in [0.05, 0.1) is 0 Å². The molecule has 0 fully saturated rings. The van der Waals surface area contributed by atoms with Gasteiger partial charge in [0.25, 0.3) is 0 Å². The van der Waals surface area contributed by atoms with Crippen molar-refractivity contribution in [2.75, 3.05) is 19.7 Å². The van der Waals surface area contributed by atoms with Crippen LogP contribution < -0.4 is 15.8 Å². The number of alkyl halides is 3. The van der Waals surface area contributed by atoms with Gasteiger partial charge in [0.15, 0.2) is 5.84 Å². The van der Waals surface area contributed by atoms with Crippen molar-refractivity contribution in [3.63, 3.8) is 0 Å². The number of oxime groups is 1. The molecule has 0 spiro atoms. The first kappa shape index (κ1) is 17.1. The van der Waals surface area contributed by atoms with Gasteiger partial charge < -0.3 is 21.0 Å².